The van der Waals surface area contributed by atoms with E-state index in [1.165, 1.54) is 0 Å². The van der Waals surface area contributed by atoms with Gasteiger partial charge in [-0.05, 0) is 18.8 Å². The van der Waals surface area contributed by atoms with E-state index in [9.17, 15) is 13.2 Å². The van der Waals surface area contributed by atoms with Crippen LogP contribution in [0.3, 0.4) is 0 Å². The molecular weight excluding hydrogens is 302 g/mol. The first-order valence-corrected chi connectivity index (χ1v) is 9.00. The van der Waals surface area contributed by atoms with Gasteiger partial charge in [-0.3, -0.25) is 9.89 Å². The number of nitrogens with zero attached hydrogens (tertiary/aromatic N) is 2. The van der Waals surface area contributed by atoms with Gasteiger partial charge in [0.05, 0.1) is 5.69 Å². The number of aryl methyl sites for hydroxylation is 1. The molecule has 1 unspecified atom stereocenters. The molecule has 1 N–H and O–H groups in total. The highest BCUT2D eigenvalue weighted by Crippen LogP contribution is 2.26. The maximum atomic E-state index is 12.4. The molecule has 1 amide bonds. The molecule has 112 valence electrons. The van der Waals surface area contributed by atoms with Crippen molar-refractivity contribution in [2.75, 3.05) is 13.1 Å². The van der Waals surface area contributed by atoms with Crippen molar-refractivity contribution in [1.82, 2.24) is 15.1 Å². The summed E-state index contributed by atoms with van der Waals surface area (Å²) in [6.45, 7) is 5.13. The number of likely N-dealkylation sites (tertiary alicyclic amines) is 1. The van der Waals surface area contributed by atoms with Gasteiger partial charge in [-0.1, -0.05) is 20.3 Å². The first kappa shape index (κ1) is 15.3. The van der Waals surface area contributed by atoms with Crippen LogP contribution >= 0.6 is 10.7 Å². The third-order valence-electron chi connectivity index (χ3n) is 3.74. The second-order valence-corrected chi connectivity index (χ2v) is 7.49. The van der Waals surface area contributed by atoms with E-state index in [-0.39, 0.29) is 16.5 Å². The summed E-state index contributed by atoms with van der Waals surface area (Å²) in [5.74, 6) is 0.107. The topological polar surface area (TPSA) is 83.1 Å². The largest absolute Gasteiger partial charge is 0.337 e. The van der Waals surface area contributed by atoms with Crippen molar-refractivity contribution < 1.29 is 13.2 Å². The maximum absolute atomic E-state index is 12.4. The summed E-state index contributed by atoms with van der Waals surface area (Å²) < 4.78 is 23.3. The van der Waals surface area contributed by atoms with Gasteiger partial charge in [0.2, 0.25) is 0 Å². The molecular formula is C12H18ClN3O3S. The van der Waals surface area contributed by atoms with Gasteiger partial charge >= 0.3 is 0 Å². The molecule has 1 aromatic rings. The van der Waals surface area contributed by atoms with Gasteiger partial charge < -0.3 is 4.90 Å². The van der Waals surface area contributed by atoms with Crippen LogP contribution in [0.15, 0.2) is 4.90 Å². The van der Waals surface area contributed by atoms with Crippen molar-refractivity contribution in [3.63, 3.8) is 0 Å². The van der Waals surface area contributed by atoms with Crippen molar-refractivity contribution in [2.45, 2.75) is 38.0 Å². The number of hydrogen-bond acceptors (Lipinski definition) is 4. The third kappa shape index (κ3) is 2.83. The number of hydrogen-bond donors (Lipinski definition) is 1. The molecule has 1 aromatic heterocycles. The van der Waals surface area contributed by atoms with E-state index in [0.717, 1.165) is 12.8 Å². The number of rotatable bonds is 4. The van der Waals surface area contributed by atoms with E-state index in [2.05, 4.69) is 17.1 Å². The van der Waals surface area contributed by atoms with Crippen molar-refractivity contribution in [3.05, 3.63) is 11.4 Å². The van der Waals surface area contributed by atoms with Crippen LogP contribution in [0.25, 0.3) is 0 Å². The quantitative estimate of drug-likeness (QED) is 0.857. The Morgan fingerprint density at radius 3 is 2.70 bits per heavy atom. The summed E-state index contributed by atoms with van der Waals surface area (Å²) in [5, 5.41) is 6.47. The van der Waals surface area contributed by atoms with E-state index in [1.807, 2.05) is 0 Å². The van der Waals surface area contributed by atoms with Crippen LogP contribution in [0, 0.1) is 5.92 Å². The van der Waals surface area contributed by atoms with Gasteiger partial charge in [0.25, 0.3) is 15.0 Å². The van der Waals surface area contributed by atoms with Crippen molar-refractivity contribution in [3.8, 4) is 0 Å². The van der Waals surface area contributed by atoms with Crippen LogP contribution in [0.2, 0.25) is 0 Å². The maximum Gasteiger partial charge on any atom is 0.275 e. The smallest absolute Gasteiger partial charge is 0.275 e. The van der Waals surface area contributed by atoms with E-state index >= 15 is 0 Å². The summed E-state index contributed by atoms with van der Waals surface area (Å²) in [7, 11) is 1.44. The van der Waals surface area contributed by atoms with Crippen molar-refractivity contribution in [1.29, 1.82) is 0 Å². The standard InChI is InChI=1S/C12H18ClN3O3S/c1-3-8-5-6-16(7-8)12(17)10-11(20(13,18)19)9(4-2)14-15-10/h8H,3-7H2,1-2H3,(H,14,15). The fourth-order valence-electron chi connectivity index (χ4n) is 2.52. The highest BCUT2D eigenvalue weighted by Gasteiger charge is 2.33. The molecule has 8 heteroatoms. The Bertz CT molecular complexity index is 611. The lowest BCUT2D eigenvalue weighted by molar-refractivity contribution is 0.0777. The average molecular weight is 320 g/mol. The van der Waals surface area contributed by atoms with Crippen molar-refractivity contribution >= 4 is 25.6 Å². The molecule has 6 nitrogen and oxygen atoms in total. The van der Waals surface area contributed by atoms with Gasteiger partial charge in [0.15, 0.2) is 5.69 Å². The second kappa shape index (κ2) is 5.73. The van der Waals surface area contributed by atoms with E-state index in [1.54, 1.807) is 11.8 Å². The zero-order chi connectivity index (χ0) is 14.9. The molecule has 20 heavy (non-hydrogen) atoms. The predicted octanol–water partition coefficient (Wildman–Crippen LogP) is 1.77. The molecule has 0 radical (unpaired) electrons. The Labute approximate surface area is 122 Å². The molecule has 2 heterocycles. The number of carbonyl (C=O) groups is 1. The number of aromatic amines is 1. The monoisotopic (exact) mass is 319 g/mol. The van der Waals surface area contributed by atoms with E-state index < -0.39 is 9.05 Å². The van der Waals surface area contributed by atoms with Crippen LogP contribution in [0.5, 0.6) is 0 Å². The van der Waals surface area contributed by atoms with Gasteiger partial charge in [-0.25, -0.2) is 8.42 Å². The Kier molecular flexibility index (Phi) is 4.39. The minimum Gasteiger partial charge on any atom is -0.337 e. The van der Waals surface area contributed by atoms with E-state index in [0.29, 0.717) is 31.1 Å². The SMILES string of the molecule is CCc1[nH]nc(C(=O)N2CCC(CC)C2)c1S(=O)(=O)Cl. The highest BCUT2D eigenvalue weighted by atomic mass is 35.7. The number of amides is 1. The fraction of sp³-hybridized carbons (Fsp3) is 0.667. The Hall–Kier alpha value is -1.08. The average Bonchev–Trinajstić information content (AvgIpc) is 3.03. The molecule has 1 aliphatic heterocycles. The molecule has 0 spiro atoms. The van der Waals surface area contributed by atoms with Gasteiger partial charge in [0, 0.05) is 23.8 Å². The van der Waals surface area contributed by atoms with Gasteiger partial charge in [-0.15, -0.1) is 0 Å². The molecule has 0 aromatic carbocycles. The molecule has 1 atom stereocenters. The van der Waals surface area contributed by atoms with Crippen LogP contribution in [0.1, 0.15) is 42.9 Å². The van der Waals surface area contributed by atoms with Gasteiger partial charge in [-0.2, -0.15) is 5.10 Å². The predicted molar refractivity (Wildman–Crippen MR) is 75.3 cm³/mol. The molecule has 0 aliphatic carbocycles. The van der Waals surface area contributed by atoms with Gasteiger partial charge in [0.1, 0.15) is 4.90 Å². The summed E-state index contributed by atoms with van der Waals surface area (Å²) in [6, 6.07) is 0. The molecule has 0 saturated carbocycles. The second-order valence-electron chi connectivity index (χ2n) is 4.99. The van der Waals surface area contributed by atoms with Crippen LogP contribution in [0.4, 0.5) is 0 Å². The lowest BCUT2D eigenvalue weighted by Crippen LogP contribution is -2.30. The lowest BCUT2D eigenvalue weighted by Gasteiger charge is -2.15. The zero-order valence-corrected chi connectivity index (χ0v) is 13.1. The summed E-state index contributed by atoms with van der Waals surface area (Å²) >= 11 is 0. The van der Waals surface area contributed by atoms with Crippen LogP contribution in [-0.2, 0) is 15.5 Å². The number of carbonyl (C=O) groups excluding carboxylic acids is 1. The molecule has 1 saturated heterocycles. The fourth-order valence-corrected chi connectivity index (χ4v) is 3.86. The first-order chi connectivity index (χ1) is 9.38. The number of nitrogens with one attached hydrogen (secondary N) is 1. The van der Waals surface area contributed by atoms with Crippen LogP contribution < -0.4 is 0 Å². The molecule has 0 bridgehead atoms. The number of aromatic nitrogens is 2. The van der Waals surface area contributed by atoms with Crippen LogP contribution in [-0.4, -0.2) is 42.5 Å². The molecule has 1 aliphatic rings. The minimum absolute atomic E-state index is 0.0893. The lowest BCUT2D eigenvalue weighted by atomic mass is 10.1. The Morgan fingerprint density at radius 2 is 2.20 bits per heavy atom. The summed E-state index contributed by atoms with van der Waals surface area (Å²) in [6.07, 6.45) is 2.36. The molecule has 1 fully saturated rings. The first-order valence-electron chi connectivity index (χ1n) is 6.69. The number of H-pyrrole nitrogens is 1. The highest BCUT2D eigenvalue weighted by molar-refractivity contribution is 8.13. The zero-order valence-electron chi connectivity index (χ0n) is 11.5. The van der Waals surface area contributed by atoms with E-state index in [4.69, 9.17) is 10.7 Å². The molecule has 2 rings (SSSR count). The number of halogens is 1. The Morgan fingerprint density at radius 1 is 1.50 bits per heavy atom. The summed E-state index contributed by atoms with van der Waals surface area (Å²) in [4.78, 5) is 13.9. The minimum atomic E-state index is -4.00. The Balaban J connectivity index is 2.34. The van der Waals surface area contributed by atoms with Crippen molar-refractivity contribution in [2.24, 2.45) is 5.92 Å². The normalized spacial score (nSPS) is 19.6. The summed E-state index contributed by atoms with van der Waals surface area (Å²) in [5.41, 5.74) is 0.281. The third-order valence-corrected chi connectivity index (χ3v) is 5.13.